The maximum Gasteiger partial charge on any atom is 0.253 e. The fourth-order valence-electron chi connectivity index (χ4n) is 3.78. The molecule has 30 heavy (non-hydrogen) atoms. The highest BCUT2D eigenvalue weighted by atomic mass is 16.5. The van der Waals surface area contributed by atoms with Crippen molar-refractivity contribution >= 4 is 11.8 Å². The maximum absolute atomic E-state index is 12.9. The molecule has 1 atom stereocenters. The van der Waals surface area contributed by atoms with Crippen molar-refractivity contribution in [2.45, 2.75) is 52.0 Å². The summed E-state index contributed by atoms with van der Waals surface area (Å²) in [7, 11) is 1.60. The van der Waals surface area contributed by atoms with Crippen molar-refractivity contribution in [1.82, 2.24) is 15.2 Å². The zero-order valence-corrected chi connectivity index (χ0v) is 18.3. The van der Waals surface area contributed by atoms with Gasteiger partial charge in [0.15, 0.2) is 0 Å². The third-order valence-electron chi connectivity index (χ3n) is 5.78. The van der Waals surface area contributed by atoms with Gasteiger partial charge in [-0.05, 0) is 63.4 Å². The predicted molar refractivity (Wildman–Crippen MR) is 117 cm³/mol. The lowest BCUT2D eigenvalue weighted by atomic mass is 9.89. The molecule has 1 aliphatic heterocycles. The average Bonchev–Trinajstić information content (AvgIpc) is 2.78. The zero-order chi connectivity index (χ0) is 21.7. The van der Waals surface area contributed by atoms with Gasteiger partial charge in [-0.25, -0.2) is 0 Å². The molecule has 6 nitrogen and oxygen atoms in total. The number of hydrogen-bond acceptors (Lipinski definition) is 4. The van der Waals surface area contributed by atoms with E-state index in [1.54, 1.807) is 13.2 Å². The number of hydrogen-bond donors (Lipinski definition) is 1. The van der Waals surface area contributed by atoms with Crippen molar-refractivity contribution in [3.05, 3.63) is 58.9 Å². The van der Waals surface area contributed by atoms with Crippen LogP contribution in [0.4, 0.5) is 0 Å². The van der Waals surface area contributed by atoms with Gasteiger partial charge < -0.3 is 15.0 Å². The second-order valence-electron chi connectivity index (χ2n) is 7.97. The zero-order valence-electron chi connectivity index (χ0n) is 18.3. The van der Waals surface area contributed by atoms with Gasteiger partial charge in [0.05, 0.1) is 18.4 Å². The number of methoxy groups -OCH3 is 1. The largest absolute Gasteiger partial charge is 0.497 e. The van der Waals surface area contributed by atoms with E-state index in [9.17, 15) is 9.59 Å². The Hall–Kier alpha value is -2.89. The van der Waals surface area contributed by atoms with Gasteiger partial charge >= 0.3 is 0 Å². The lowest BCUT2D eigenvalue weighted by Gasteiger charge is -2.32. The molecule has 0 radical (unpaired) electrons. The molecule has 3 rings (SSSR count). The minimum atomic E-state index is -0.0678. The van der Waals surface area contributed by atoms with E-state index in [-0.39, 0.29) is 23.8 Å². The summed E-state index contributed by atoms with van der Waals surface area (Å²) >= 11 is 0. The molecule has 2 aromatic rings. The second-order valence-corrected chi connectivity index (χ2v) is 7.97. The van der Waals surface area contributed by atoms with Gasteiger partial charge in [0.2, 0.25) is 0 Å². The van der Waals surface area contributed by atoms with Gasteiger partial charge in [-0.1, -0.05) is 13.0 Å². The minimum absolute atomic E-state index is 0.0132. The number of nitrogens with zero attached hydrogens (tertiary/aromatic N) is 2. The number of pyridine rings is 1. The first-order valence-corrected chi connectivity index (χ1v) is 10.6. The fraction of sp³-hybridized carbons (Fsp3) is 0.458. The van der Waals surface area contributed by atoms with Crippen LogP contribution in [0.2, 0.25) is 0 Å². The van der Waals surface area contributed by atoms with E-state index in [4.69, 9.17) is 9.72 Å². The molecule has 6 heteroatoms. The molecular formula is C24H31N3O3. The van der Waals surface area contributed by atoms with Crippen LogP contribution in [0.1, 0.15) is 71.1 Å². The normalized spacial score (nSPS) is 15.5. The third-order valence-corrected chi connectivity index (χ3v) is 5.78. The predicted octanol–water partition coefficient (Wildman–Crippen LogP) is 3.95. The Balaban J connectivity index is 1.72. The molecule has 1 fully saturated rings. The van der Waals surface area contributed by atoms with Gasteiger partial charge in [-0.15, -0.1) is 0 Å². The maximum atomic E-state index is 12.9. The molecule has 2 heterocycles. The van der Waals surface area contributed by atoms with Gasteiger partial charge in [0.1, 0.15) is 5.75 Å². The first-order chi connectivity index (χ1) is 14.4. The van der Waals surface area contributed by atoms with E-state index < -0.39 is 0 Å². The van der Waals surface area contributed by atoms with Crippen LogP contribution in [0.3, 0.4) is 0 Å². The van der Waals surface area contributed by atoms with E-state index in [1.165, 1.54) is 0 Å². The number of benzene rings is 1. The summed E-state index contributed by atoms with van der Waals surface area (Å²) < 4.78 is 5.23. The Bertz CT molecular complexity index is 904. The van der Waals surface area contributed by atoms with Crippen LogP contribution < -0.4 is 10.1 Å². The summed E-state index contributed by atoms with van der Waals surface area (Å²) in [6.45, 7) is 7.28. The first-order valence-electron chi connectivity index (χ1n) is 10.6. The molecule has 0 aliphatic carbocycles. The standard InChI is InChI=1S/C24H31N3O3/c1-5-16(2)26-23(28)21-10-9-17(3)25-22(21)18-11-13-27(14-12-18)24(29)19-7-6-8-20(15-19)30-4/h6-10,15-16,18H,5,11-14H2,1-4H3,(H,26,28). The Morgan fingerprint density at radius 3 is 2.63 bits per heavy atom. The number of amides is 2. The molecular weight excluding hydrogens is 378 g/mol. The number of carbonyl (C=O) groups excluding carboxylic acids is 2. The lowest BCUT2D eigenvalue weighted by Crippen LogP contribution is -2.39. The number of carbonyl (C=O) groups is 2. The van der Waals surface area contributed by atoms with Crippen LogP contribution in [-0.4, -0.2) is 47.9 Å². The van der Waals surface area contributed by atoms with Crippen LogP contribution in [-0.2, 0) is 0 Å². The number of aromatic nitrogens is 1. The highest BCUT2D eigenvalue weighted by molar-refractivity contribution is 5.96. The molecule has 160 valence electrons. The van der Waals surface area contributed by atoms with Gasteiger partial charge in [-0.2, -0.15) is 0 Å². The number of rotatable bonds is 6. The smallest absolute Gasteiger partial charge is 0.253 e. The molecule has 1 aromatic heterocycles. The quantitative estimate of drug-likeness (QED) is 0.784. The van der Waals surface area contributed by atoms with Gasteiger partial charge in [0.25, 0.3) is 11.8 Å². The summed E-state index contributed by atoms with van der Waals surface area (Å²) in [6, 6.07) is 11.1. The van der Waals surface area contributed by atoms with Crippen LogP contribution in [0.25, 0.3) is 0 Å². The summed E-state index contributed by atoms with van der Waals surface area (Å²) in [5.74, 6) is 0.787. The number of aryl methyl sites for hydroxylation is 1. The number of ether oxygens (including phenoxy) is 1. The highest BCUT2D eigenvalue weighted by Crippen LogP contribution is 2.30. The monoisotopic (exact) mass is 409 g/mol. The van der Waals surface area contributed by atoms with Crippen molar-refractivity contribution < 1.29 is 14.3 Å². The van der Waals surface area contributed by atoms with Crippen LogP contribution in [0.15, 0.2) is 36.4 Å². The molecule has 1 aromatic carbocycles. The molecule has 0 bridgehead atoms. The van der Waals surface area contributed by atoms with E-state index in [1.807, 2.05) is 56.0 Å². The number of likely N-dealkylation sites (tertiary alicyclic amines) is 1. The molecule has 1 aliphatic rings. The van der Waals surface area contributed by atoms with E-state index in [0.29, 0.717) is 30.0 Å². The summed E-state index contributed by atoms with van der Waals surface area (Å²) in [4.78, 5) is 32.3. The summed E-state index contributed by atoms with van der Waals surface area (Å²) in [5, 5.41) is 3.05. The minimum Gasteiger partial charge on any atom is -0.497 e. The summed E-state index contributed by atoms with van der Waals surface area (Å²) in [6.07, 6.45) is 2.46. The molecule has 1 saturated heterocycles. The van der Waals surface area contributed by atoms with Crippen LogP contribution in [0.5, 0.6) is 5.75 Å². The van der Waals surface area contributed by atoms with Crippen LogP contribution in [0, 0.1) is 6.92 Å². The van der Waals surface area contributed by atoms with Crippen molar-refractivity contribution in [1.29, 1.82) is 0 Å². The van der Waals surface area contributed by atoms with Gasteiger partial charge in [0, 0.05) is 36.3 Å². The molecule has 1 unspecified atom stereocenters. The SMILES string of the molecule is CCC(C)NC(=O)c1ccc(C)nc1C1CCN(C(=O)c2cccc(OC)c2)CC1. The topological polar surface area (TPSA) is 71.5 Å². The molecule has 0 spiro atoms. The third kappa shape index (κ3) is 4.99. The van der Waals surface area contributed by atoms with E-state index in [0.717, 1.165) is 30.7 Å². The molecule has 0 saturated carbocycles. The summed E-state index contributed by atoms with van der Waals surface area (Å²) in [5.41, 5.74) is 3.04. The highest BCUT2D eigenvalue weighted by Gasteiger charge is 2.28. The van der Waals surface area contributed by atoms with Crippen molar-refractivity contribution in [2.24, 2.45) is 0 Å². The Morgan fingerprint density at radius 2 is 1.97 bits per heavy atom. The van der Waals surface area contributed by atoms with E-state index >= 15 is 0 Å². The molecule has 2 amide bonds. The van der Waals surface area contributed by atoms with E-state index in [2.05, 4.69) is 5.32 Å². The average molecular weight is 410 g/mol. The first kappa shape index (κ1) is 21.8. The van der Waals surface area contributed by atoms with Crippen molar-refractivity contribution in [2.75, 3.05) is 20.2 Å². The Labute approximate surface area is 178 Å². The Morgan fingerprint density at radius 1 is 1.23 bits per heavy atom. The van der Waals surface area contributed by atoms with Gasteiger partial charge in [-0.3, -0.25) is 14.6 Å². The number of piperidine rings is 1. The van der Waals surface area contributed by atoms with Crippen LogP contribution >= 0.6 is 0 Å². The number of nitrogens with one attached hydrogen (secondary N) is 1. The second kappa shape index (κ2) is 9.74. The lowest BCUT2D eigenvalue weighted by molar-refractivity contribution is 0.0710. The fourth-order valence-corrected chi connectivity index (χ4v) is 3.78. The van der Waals surface area contributed by atoms with Crippen molar-refractivity contribution in [3.63, 3.8) is 0 Å². The molecule has 1 N–H and O–H groups in total. The van der Waals surface area contributed by atoms with Crippen molar-refractivity contribution in [3.8, 4) is 5.75 Å². The Kier molecular flexibility index (Phi) is 7.08.